The van der Waals surface area contributed by atoms with Gasteiger partial charge in [-0.1, -0.05) is 0 Å². The van der Waals surface area contributed by atoms with E-state index in [4.69, 9.17) is 10.8 Å². The predicted octanol–water partition coefficient (Wildman–Crippen LogP) is -0.591. The number of aromatic nitrogens is 1. The fraction of sp³-hybridized carbons (Fsp3) is 0.333. The van der Waals surface area contributed by atoms with Gasteiger partial charge in [0.2, 0.25) is 11.9 Å². The summed E-state index contributed by atoms with van der Waals surface area (Å²) in [4.78, 5) is 13.9. The normalized spacial score (nSPS) is 14.7. The molecular weight excluding hydrogens is 203 g/mol. The van der Waals surface area contributed by atoms with Gasteiger partial charge >= 0.3 is 0 Å². The number of primary amides is 1. The van der Waals surface area contributed by atoms with Crippen LogP contribution in [0.25, 0.3) is 0 Å². The zero-order valence-electron chi connectivity index (χ0n) is 8.01. The van der Waals surface area contributed by atoms with Crippen LogP contribution in [0.15, 0.2) is 12.3 Å². The van der Waals surface area contributed by atoms with Crippen molar-refractivity contribution < 1.29 is 19.4 Å². The van der Waals surface area contributed by atoms with Crippen molar-refractivity contribution in [3.8, 4) is 0 Å². The van der Waals surface area contributed by atoms with Crippen molar-refractivity contribution >= 4 is 5.91 Å². The highest BCUT2D eigenvalue weighted by Gasteiger charge is 2.26. The summed E-state index contributed by atoms with van der Waals surface area (Å²) in [6.45, 7) is 1.64. The number of nitrogens with zero attached hydrogens (tertiary/aromatic N) is 1. The molecule has 0 aliphatic heterocycles. The maximum Gasteiger partial charge on any atom is 0.249 e. The first-order valence-electron chi connectivity index (χ1n) is 4.21. The lowest BCUT2D eigenvalue weighted by atomic mass is 10.0. The summed E-state index contributed by atoms with van der Waals surface area (Å²) in [5, 5.41) is 18.6. The van der Waals surface area contributed by atoms with E-state index in [-0.39, 0.29) is 5.56 Å². The van der Waals surface area contributed by atoms with Gasteiger partial charge in [-0.2, -0.15) is 4.39 Å². The zero-order chi connectivity index (χ0) is 11.6. The first-order valence-corrected chi connectivity index (χ1v) is 4.21. The lowest BCUT2D eigenvalue weighted by molar-refractivity contribution is -0.132. The van der Waals surface area contributed by atoms with Crippen LogP contribution in [-0.2, 0) is 4.79 Å². The van der Waals surface area contributed by atoms with E-state index < -0.39 is 24.1 Å². The number of aryl methyl sites for hydroxylation is 1. The van der Waals surface area contributed by atoms with Gasteiger partial charge in [0.1, 0.15) is 6.10 Å². The highest BCUT2D eigenvalue weighted by molar-refractivity contribution is 5.79. The van der Waals surface area contributed by atoms with Crippen LogP contribution in [0.2, 0.25) is 0 Å². The summed E-state index contributed by atoms with van der Waals surface area (Å²) in [6.07, 6.45) is -2.28. The molecule has 6 heteroatoms. The molecular formula is C9H11FN2O3. The van der Waals surface area contributed by atoms with Crippen LogP contribution in [-0.4, -0.2) is 27.2 Å². The molecule has 1 rings (SSSR count). The summed E-state index contributed by atoms with van der Waals surface area (Å²) in [5.74, 6) is -2.06. The van der Waals surface area contributed by atoms with Crippen LogP contribution in [0.4, 0.5) is 4.39 Å². The Morgan fingerprint density at radius 2 is 2.20 bits per heavy atom. The Labute approximate surface area is 85.4 Å². The molecule has 0 spiro atoms. The highest BCUT2D eigenvalue weighted by Crippen LogP contribution is 2.19. The highest BCUT2D eigenvalue weighted by atomic mass is 19.1. The van der Waals surface area contributed by atoms with E-state index in [1.54, 1.807) is 6.92 Å². The van der Waals surface area contributed by atoms with E-state index >= 15 is 0 Å². The van der Waals surface area contributed by atoms with Crippen LogP contribution in [0.3, 0.4) is 0 Å². The number of carbonyl (C=O) groups excluding carboxylic acids is 1. The molecule has 1 aromatic rings. The first kappa shape index (κ1) is 11.5. The number of amides is 1. The Hall–Kier alpha value is -1.53. The lowest BCUT2D eigenvalue weighted by Crippen LogP contribution is -2.34. The molecule has 15 heavy (non-hydrogen) atoms. The van der Waals surface area contributed by atoms with Crippen LogP contribution in [0, 0.1) is 12.9 Å². The second kappa shape index (κ2) is 4.33. The number of rotatable bonds is 3. The van der Waals surface area contributed by atoms with E-state index in [1.165, 1.54) is 12.3 Å². The van der Waals surface area contributed by atoms with Gasteiger partial charge in [0.05, 0.1) is 0 Å². The molecule has 0 bridgehead atoms. The maximum atomic E-state index is 13.1. The Kier molecular flexibility index (Phi) is 3.33. The molecule has 2 unspecified atom stereocenters. The van der Waals surface area contributed by atoms with E-state index in [0.29, 0.717) is 5.56 Å². The largest absolute Gasteiger partial charge is 0.385 e. The van der Waals surface area contributed by atoms with Crippen LogP contribution in [0.1, 0.15) is 17.2 Å². The predicted molar refractivity (Wildman–Crippen MR) is 49.1 cm³/mol. The van der Waals surface area contributed by atoms with Gasteiger partial charge in [0, 0.05) is 11.8 Å². The number of aliphatic hydroxyl groups excluding tert-OH is 2. The van der Waals surface area contributed by atoms with Crippen LogP contribution < -0.4 is 5.73 Å². The molecule has 5 nitrogen and oxygen atoms in total. The van der Waals surface area contributed by atoms with Crippen LogP contribution >= 0.6 is 0 Å². The van der Waals surface area contributed by atoms with Crippen molar-refractivity contribution in [2.75, 3.05) is 0 Å². The number of halogens is 1. The Bertz CT molecular complexity index is 384. The monoisotopic (exact) mass is 214 g/mol. The first-order chi connectivity index (χ1) is 6.93. The second-order valence-electron chi connectivity index (χ2n) is 3.18. The van der Waals surface area contributed by atoms with Gasteiger partial charge in [0.25, 0.3) is 0 Å². The van der Waals surface area contributed by atoms with Gasteiger partial charge in [-0.05, 0) is 18.6 Å². The third-order valence-electron chi connectivity index (χ3n) is 1.91. The van der Waals surface area contributed by atoms with Gasteiger partial charge in [0.15, 0.2) is 6.10 Å². The van der Waals surface area contributed by atoms with Crippen molar-refractivity contribution in [1.29, 1.82) is 0 Å². The average Bonchev–Trinajstić information content (AvgIpc) is 2.19. The molecule has 1 aromatic heterocycles. The van der Waals surface area contributed by atoms with Crippen molar-refractivity contribution in [1.82, 2.24) is 4.98 Å². The van der Waals surface area contributed by atoms with E-state index in [2.05, 4.69) is 4.98 Å². The molecule has 0 aliphatic carbocycles. The third kappa shape index (κ3) is 2.48. The van der Waals surface area contributed by atoms with Gasteiger partial charge in [-0.25, -0.2) is 4.98 Å². The van der Waals surface area contributed by atoms with Crippen molar-refractivity contribution in [2.45, 2.75) is 19.1 Å². The minimum Gasteiger partial charge on any atom is -0.385 e. The van der Waals surface area contributed by atoms with Crippen molar-refractivity contribution in [3.05, 3.63) is 29.3 Å². The smallest absolute Gasteiger partial charge is 0.249 e. The Morgan fingerprint density at radius 1 is 1.60 bits per heavy atom. The molecule has 82 valence electrons. The van der Waals surface area contributed by atoms with E-state index in [9.17, 15) is 14.3 Å². The number of hydrogen-bond acceptors (Lipinski definition) is 4. The Morgan fingerprint density at radius 3 is 2.73 bits per heavy atom. The molecule has 0 aromatic carbocycles. The quantitative estimate of drug-likeness (QED) is 0.586. The number of pyridine rings is 1. The number of aliphatic hydroxyl groups is 2. The molecule has 0 saturated carbocycles. The molecule has 0 radical (unpaired) electrons. The SMILES string of the molecule is Cc1cnc(F)c(C(O)C(O)C(N)=O)c1. The van der Waals surface area contributed by atoms with E-state index in [0.717, 1.165) is 0 Å². The number of nitrogens with two attached hydrogens (primary N) is 1. The molecule has 4 N–H and O–H groups in total. The summed E-state index contributed by atoms with van der Waals surface area (Å²) in [5.41, 5.74) is 5.12. The number of carbonyl (C=O) groups is 1. The summed E-state index contributed by atoms with van der Waals surface area (Å²) >= 11 is 0. The fourth-order valence-electron chi connectivity index (χ4n) is 1.11. The molecule has 1 heterocycles. The topological polar surface area (TPSA) is 96.4 Å². The van der Waals surface area contributed by atoms with Crippen molar-refractivity contribution in [2.24, 2.45) is 5.73 Å². The van der Waals surface area contributed by atoms with Gasteiger partial charge < -0.3 is 15.9 Å². The Balaban J connectivity index is 3.04. The van der Waals surface area contributed by atoms with Gasteiger partial charge in [-0.3, -0.25) is 4.79 Å². The van der Waals surface area contributed by atoms with Crippen LogP contribution in [0.5, 0.6) is 0 Å². The average molecular weight is 214 g/mol. The number of hydrogen-bond donors (Lipinski definition) is 3. The van der Waals surface area contributed by atoms with E-state index in [1.807, 2.05) is 0 Å². The summed E-state index contributed by atoms with van der Waals surface area (Å²) in [7, 11) is 0. The summed E-state index contributed by atoms with van der Waals surface area (Å²) < 4.78 is 13.1. The minimum absolute atomic E-state index is 0.249. The molecule has 0 fully saturated rings. The molecule has 0 aliphatic rings. The van der Waals surface area contributed by atoms with Gasteiger partial charge in [-0.15, -0.1) is 0 Å². The van der Waals surface area contributed by atoms with Crippen molar-refractivity contribution in [3.63, 3.8) is 0 Å². The third-order valence-corrected chi connectivity index (χ3v) is 1.91. The molecule has 2 atom stereocenters. The molecule has 0 saturated heterocycles. The standard InChI is InChI=1S/C9H11FN2O3/c1-4-2-5(8(10)12-3-4)6(13)7(14)9(11)15/h2-3,6-7,13-14H,1H3,(H2,11,15). The second-order valence-corrected chi connectivity index (χ2v) is 3.18. The molecule has 1 amide bonds. The zero-order valence-corrected chi connectivity index (χ0v) is 8.01. The summed E-state index contributed by atoms with van der Waals surface area (Å²) in [6, 6.07) is 1.29. The fourth-order valence-corrected chi connectivity index (χ4v) is 1.11. The lowest BCUT2D eigenvalue weighted by Gasteiger charge is -2.15. The maximum absolute atomic E-state index is 13.1. The minimum atomic E-state index is -1.84.